The van der Waals surface area contributed by atoms with Crippen molar-refractivity contribution in [2.24, 2.45) is 0 Å². The standard InChI is InChI=1S/C13H9FO2/c14-12-7-10(6-11(8-12)13(15)16)9-4-2-1-3-5-9/h1-8H,(H,15,16). The van der Waals surface area contributed by atoms with Crippen LogP contribution in [0.2, 0.25) is 0 Å². The number of carboxylic acids is 1. The van der Waals surface area contributed by atoms with Crippen LogP contribution in [0, 0.1) is 5.82 Å². The van der Waals surface area contributed by atoms with Crippen molar-refractivity contribution >= 4 is 5.97 Å². The fraction of sp³-hybridized carbons (Fsp3) is 0. The van der Waals surface area contributed by atoms with Crippen molar-refractivity contribution in [1.29, 1.82) is 0 Å². The second kappa shape index (κ2) is 4.14. The lowest BCUT2D eigenvalue weighted by atomic mass is 10.0. The summed E-state index contributed by atoms with van der Waals surface area (Å²) in [5.41, 5.74) is 1.32. The Balaban J connectivity index is 2.54. The van der Waals surface area contributed by atoms with Gasteiger partial charge in [-0.2, -0.15) is 0 Å². The first-order valence-corrected chi connectivity index (χ1v) is 4.76. The van der Waals surface area contributed by atoms with Gasteiger partial charge in [-0.15, -0.1) is 0 Å². The molecule has 0 aliphatic heterocycles. The minimum absolute atomic E-state index is 0.0427. The van der Waals surface area contributed by atoms with Crippen LogP contribution in [0.1, 0.15) is 10.4 Å². The van der Waals surface area contributed by atoms with E-state index in [-0.39, 0.29) is 5.56 Å². The molecule has 2 aromatic carbocycles. The molecule has 0 fully saturated rings. The highest BCUT2D eigenvalue weighted by Gasteiger charge is 2.07. The highest BCUT2D eigenvalue weighted by atomic mass is 19.1. The summed E-state index contributed by atoms with van der Waals surface area (Å²) in [4.78, 5) is 10.8. The van der Waals surface area contributed by atoms with E-state index in [4.69, 9.17) is 5.11 Å². The largest absolute Gasteiger partial charge is 0.478 e. The van der Waals surface area contributed by atoms with Crippen molar-refractivity contribution in [2.45, 2.75) is 0 Å². The van der Waals surface area contributed by atoms with Crippen LogP contribution in [-0.4, -0.2) is 11.1 Å². The molecule has 0 aromatic heterocycles. The van der Waals surface area contributed by atoms with E-state index in [1.54, 1.807) is 12.1 Å². The summed E-state index contributed by atoms with van der Waals surface area (Å²) >= 11 is 0. The maximum absolute atomic E-state index is 13.2. The zero-order valence-electron chi connectivity index (χ0n) is 8.35. The fourth-order valence-electron chi connectivity index (χ4n) is 1.51. The molecule has 1 N–H and O–H groups in total. The molecule has 0 radical (unpaired) electrons. The number of rotatable bonds is 2. The Morgan fingerprint density at radius 2 is 1.69 bits per heavy atom. The number of aromatic carboxylic acids is 1. The summed E-state index contributed by atoms with van der Waals surface area (Å²) in [6.07, 6.45) is 0. The van der Waals surface area contributed by atoms with Gasteiger partial charge in [0.1, 0.15) is 5.82 Å². The molecule has 3 heteroatoms. The van der Waals surface area contributed by atoms with Crippen LogP contribution in [0.15, 0.2) is 48.5 Å². The number of carbonyl (C=O) groups is 1. The van der Waals surface area contributed by atoms with E-state index in [9.17, 15) is 9.18 Å². The van der Waals surface area contributed by atoms with Crippen LogP contribution in [0.25, 0.3) is 11.1 Å². The summed E-state index contributed by atoms with van der Waals surface area (Å²) in [5, 5.41) is 8.81. The van der Waals surface area contributed by atoms with Crippen LogP contribution in [0.5, 0.6) is 0 Å². The van der Waals surface area contributed by atoms with Gasteiger partial charge in [0.15, 0.2) is 0 Å². The Kier molecular flexibility index (Phi) is 2.68. The zero-order chi connectivity index (χ0) is 11.5. The molecule has 0 aliphatic carbocycles. The van der Waals surface area contributed by atoms with Crippen molar-refractivity contribution in [3.63, 3.8) is 0 Å². The molecule has 0 heterocycles. The summed E-state index contributed by atoms with van der Waals surface area (Å²) in [5.74, 6) is -1.67. The van der Waals surface area contributed by atoms with Gasteiger partial charge in [0.05, 0.1) is 5.56 Å². The number of carboxylic acid groups (broad SMARTS) is 1. The molecule has 0 spiro atoms. The zero-order valence-corrected chi connectivity index (χ0v) is 8.35. The van der Waals surface area contributed by atoms with Gasteiger partial charge < -0.3 is 5.11 Å². The maximum atomic E-state index is 13.2. The lowest BCUT2D eigenvalue weighted by Gasteiger charge is -2.03. The molecule has 0 unspecified atom stereocenters. The number of hydrogen-bond acceptors (Lipinski definition) is 1. The third kappa shape index (κ3) is 2.08. The first kappa shape index (κ1) is 10.4. The number of halogens is 1. The molecule has 0 aliphatic rings. The molecule has 80 valence electrons. The quantitative estimate of drug-likeness (QED) is 0.837. The smallest absolute Gasteiger partial charge is 0.335 e. The molecule has 2 rings (SSSR count). The Morgan fingerprint density at radius 1 is 1.00 bits per heavy atom. The third-order valence-electron chi connectivity index (χ3n) is 2.25. The van der Waals surface area contributed by atoms with Crippen molar-refractivity contribution in [1.82, 2.24) is 0 Å². The highest BCUT2D eigenvalue weighted by molar-refractivity contribution is 5.89. The summed E-state index contributed by atoms with van der Waals surface area (Å²) < 4.78 is 13.2. The van der Waals surface area contributed by atoms with Gasteiger partial charge in [0.25, 0.3) is 0 Å². The van der Waals surface area contributed by atoms with E-state index in [1.165, 1.54) is 12.1 Å². The lowest BCUT2D eigenvalue weighted by molar-refractivity contribution is 0.0696. The Morgan fingerprint density at radius 3 is 2.31 bits per heavy atom. The molecule has 0 bridgehead atoms. The third-order valence-corrected chi connectivity index (χ3v) is 2.25. The molecule has 0 saturated carbocycles. The van der Waals surface area contributed by atoms with E-state index in [2.05, 4.69) is 0 Å². The predicted octanol–water partition coefficient (Wildman–Crippen LogP) is 3.19. The second-order valence-corrected chi connectivity index (χ2v) is 3.40. The van der Waals surface area contributed by atoms with Crippen LogP contribution >= 0.6 is 0 Å². The van der Waals surface area contributed by atoms with Crippen LogP contribution in [0.3, 0.4) is 0 Å². The normalized spacial score (nSPS) is 10.1. The Labute approximate surface area is 92.0 Å². The first-order chi connectivity index (χ1) is 7.66. The van der Waals surface area contributed by atoms with Crippen molar-refractivity contribution in [3.8, 4) is 11.1 Å². The topological polar surface area (TPSA) is 37.3 Å². The monoisotopic (exact) mass is 216 g/mol. The van der Waals surface area contributed by atoms with E-state index < -0.39 is 11.8 Å². The van der Waals surface area contributed by atoms with Crippen LogP contribution in [0.4, 0.5) is 4.39 Å². The molecule has 0 amide bonds. The molecule has 16 heavy (non-hydrogen) atoms. The van der Waals surface area contributed by atoms with E-state index >= 15 is 0 Å². The average Bonchev–Trinajstić information content (AvgIpc) is 2.29. The minimum Gasteiger partial charge on any atom is -0.478 e. The molecule has 0 atom stereocenters. The van der Waals surface area contributed by atoms with Crippen LogP contribution in [-0.2, 0) is 0 Å². The van der Waals surface area contributed by atoms with E-state index in [0.717, 1.165) is 11.6 Å². The van der Waals surface area contributed by atoms with Gasteiger partial charge in [0.2, 0.25) is 0 Å². The van der Waals surface area contributed by atoms with Gasteiger partial charge in [0, 0.05) is 0 Å². The fourth-order valence-corrected chi connectivity index (χ4v) is 1.51. The highest BCUT2D eigenvalue weighted by Crippen LogP contribution is 2.21. The maximum Gasteiger partial charge on any atom is 0.335 e. The van der Waals surface area contributed by atoms with Gasteiger partial charge in [-0.05, 0) is 29.3 Å². The average molecular weight is 216 g/mol. The van der Waals surface area contributed by atoms with Crippen molar-refractivity contribution < 1.29 is 14.3 Å². The number of benzene rings is 2. The molecule has 0 saturated heterocycles. The van der Waals surface area contributed by atoms with Gasteiger partial charge >= 0.3 is 5.97 Å². The summed E-state index contributed by atoms with van der Waals surface area (Å²) in [6.45, 7) is 0. The first-order valence-electron chi connectivity index (χ1n) is 4.76. The van der Waals surface area contributed by atoms with Crippen molar-refractivity contribution in [2.75, 3.05) is 0 Å². The minimum atomic E-state index is -1.13. The Bertz CT molecular complexity index is 521. The predicted molar refractivity (Wildman–Crippen MR) is 58.8 cm³/mol. The second-order valence-electron chi connectivity index (χ2n) is 3.40. The lowest BCUT2D eigenvalue weighted by Crippen LogP contribution is -1.97. The molecule has 2 nitrogen and oxygen atoms in total. The summed E-state index contributed by atoms with van der Waals surface area (Å²) in [6, 6.07) is 12.9. The number of hydrogen-bond donors (Lipinski definition) is 1. The Hall–Kier alpha value is -2.16. The molecule has 2 aromatic rings. The van der Waals surface area contributed by atoms with E-state index in [1.807, 2.05) is 18.2 Å². The van der Waals surface area contributed by atoms with Gasteiger partial charge in [-0.25, -0.2) is 9.18 Å². The van der Waals surface area contributed by atoms with Crippen LogP contribution < -0.4 is 0 Å². The summed E-state index contributed by atoms with van der Waals surface area (Å²) in [7, 11) is 0. The van der Waals surface area contributed by atoms with Crippen molar-refractivity contribution in [3.05, 3.63) is 59.9 Å². The van der Waals surface area contributed by atoms with E-state index in [0.29, 0.717) is 5.56 Å². The van der Waals surface area contributed by atoms with Gasteiger partial charge in [-0.1, -0.05) is 30.3 Å². The SMILES string of the molecule is O=C(O)c1cc(F)cc(-c2ccccc2)c1. The molecular formula is C13H9FO2. The molecular weight excluding hydrogens is 207 g/mol. The van der Waals surface area contributed by atoms with Gasteiger partial charge in [-0.3, -0.25) is 0 Å².